The molecule has 63 heavy (non-hydrogen) atoms. The van der Waals surface area contributed by atoms with E-state index in [0.717, 1.165) is 16.7 Å². The van der Waals surface area contributed by atoms with Crippen LogP contribution in [0.1, 0.15) is 58.2 Å². The summed E-state index contributed by atoms with van der Waals surface area (Å²) in [5.41, 5.74) is 1.98. The van der Waals surface area contributed by atoms with Crippen LogP contribution in [0, 0.1) is 3.57 Å². The number of carbonyl (C=O) groups is 1. The maximum atomic E-state index is 15.8. The van der Waals surface area contributed by atoms with Crippen molar-refractivity contribution in [2.24, 2.45) is 0 Å². The molecule has 1 N–H and O–H groups in total. The van der Waals surface area contributed by atoms with Gasteiger partial charge in [0.2, 0.25) is 15.8 Å². The number of benzene rings is 4. The van der Waals surface area contributed by atoms with Gasteiger partial charge in [0.15, 0.2) is 8.32 Å². The first-order valence-electron chi connectivity index (χ1n) is 20.4. The number of rotatable bonds is 19. The molecule has 5 aromatic rings. The van der Waals surface area contributed by atoms with Crippen LogP contribution in [0.4, 0.5) is 4.79 Å². The minimum absolute atomic E-state index is 0.0161. The number of thioether (sulfide) groups is 1. The predicted octanol–water partition coefficient (Wildman–Crippen LogP) is 9.67. The fourth-order valence-electron chi connectivity index (χ4n) is 6.39. The molecule has 0 aliphatic carbocycles. The topological polar surface area (TPSA) is 158 Å². The quantitative estimate of drug-likeness (QED) is 0.0475. The summed E-state index contributed by atoms with van der Waals surface area (Å²) in [6.45, 7) is 16.6. The third-order valence-corrected chi connectivity index (χ3v) is 19.6. The van der Waals surface area contributed by atoms with E-state index in [0.29, 0.717) is 31.3 Å². The molecule has 1 heterocycles. The normalized spacial score (nSPS) is 12.9. The van der Waals surface area contributed by atoms with Crippen LogP contribution in [0.15, 0.2) is 94.7 Å². The van der Waals surface area contributed by atoms with Gasteiger partial charge in [-0.05, 0) is 132 Å². The lowest BCUT2D eigenvalue weighted by molar-refractivity contribution is 0.0668. The summed E-state index contributed by atoms with van der Waals surface area (Å²) in [6.07, 6.45) is -1.64. The maximum Gasteiger partial charge on any atom is 0.407 e. The molecule has 4 aromatic carbocycles. The number of aromatic nitrogens is 4. The largest absolute Gasteiger partial charge is 0.497 e. The van der Waals surface area contributed by atoms with E-state index in [1.807, 2.05) is 75.4 Å². The summed E-state index contributed by atoms with van der Waals surface area (Å²) in [4.78, 5) is 16.0. The second-order valence-electron chi connectivity index (χ2n) is 17.6. The van der Waals surface area contributed by atoms with Crippen LogP contribution in [-0.4, -0.2) is 103 Å². The molecule has 1 atom stereocenters. The number of amides is 1. The molecule has 0 radical (unpaired) electrons. The van der Waals surface area contributed by atoms with E-state index < -0.39 is 36.1 Å². The van der Waals surface area contributed by atoms with Crippen LogP contribution >= 0.6 is 34.4 Å². The van der Waals surface area contributed by atoms with E-state index in [4.69, 9.17) is 23.7 Å². The van der Waals surface area contributed by atoms with E-state index in [-0.39, 0.29) is 47.7 Å². The van der Waals surface area contributed by atoms with Gasteiger partial charge in [-0.1, -0.05) is 57.2 Å². The molecule has 0 spiro atoms. The lowest BCUT2D eigenvalue weighted by atomic mass is 10.1. The number of carboxylic acid groups (broad SMARTS) is 1. The molecular formula is C45H59IN6O8S2Si. The molecule has 1 aromatic heterocycles. The van der Waals surface area contributed by atoms with E-state index in [2.05, 4.69) is 66.8 Å². The average molecular weight is 1030 g/mol. The number of halogens is 1. The van der Waals surface area contributed by atoms with Crippen LogP contribution in [0.2, 0.25) is 18.1 Å². The van der Waals surface area contributed by atoms with Crippen molar-refractivity contribution >= 4 is 58.8 Å². The molecule has 0 saturated heterocycles. The molecule has 0 fully saturated rings. The highest BCUT2D eigenvalue weighted by Gasteiger charge is 2.41. The fourth-order valence-corrected chi connectivity index (χ4v) is 11.8. The summed E-state index contributed by atoms with van der Waals surface area (Å²) in [6, 6.07) is 25.7. The Morgan fingerprint density at radius 3 is 1.75 bits per heavy atom. The molecular weight excluding hydrogens is 972 g/mol. The van der Waals surface area contributed by atoms with Crippen molar-refractivity contribution in [1.82, 2.24) is 29.4 Å². The Kier molecular flexibility index (Phi) is 16.4. The van der Waals surface area contributed by atoms with E-state index in [9.17, 15) is 9.90 Å². The first-order valence-corrected chi connectivity index (χ1v) is 26.8. The standard InChI is InChI=1S/C45H59IN6O8S2Si/c1-44(2,3)51(43(53)54)29-37(60-63(10,11)45(4,5)6)30-61-39-25-24-38(46)40(42-47-49-52(48-42)28-33-16-22-36(59-9)23-17-33)41(39)62(55,56)50(26-31-12-18-34(57-7)19-13-31)27-32-14-20-35(58-8)21-15-32/h12-25,37H,26-30H2,1-11H3,(H,53,54)/t37-/m1/s1. The Bertz CT molecular complexity index is 2370. The molecule has 18 heteroatoms. The Morgan fingerprint density at radius 2 is 1.30 bits per heavy atom. The summed E-state index contributed by atoms with van der Waals surface area (Å²) in [5, 5.41) is 23.8. The van der Waals surface area contributed by atoms with Gasteiger partial charge in [-0.2, -0.15) is 9.10 Å². The highest BCUT2D eigenvalue weighted by Crippen LogP contribution is 2.42. The second kappa shape index (κ2) is 20.7. The summed E-state index contributed by atoms with van der Waals surface area (Å²) >= 11 is 3.44. The van der Waals surface area contributed by atoms with Gasteiger partial charge >= 0.3 is 6.09 Å². The second-order valence-corrected chi connectivity index (χ2v) is 26.4. The van der Waals surface area contributed by atoms with Crippen LogP contribution in [0.25, 0.3) is 11.4 Å². The Hall–Kier alpha value is -4.21. The number of tetrazole rings is 1. The molecule has 0 bridgehead atoms. The number of sulfonamides is 1. The zero-order valence-corrected chi connectivity index (χ0v) is 42.7. The van der Waals surface area contributed by atoms with Gasteiger partial charge < -0.3 is 28.6 Å². The number of methoxy groups -OCH3 is 3. The van der Waals surface area contributed by atoms with E-state index >= 15 is 8.42 Å². The van der Waals surface area contributed by atoms with Crippen molar-refractivity contribution in [3.05, 3.63) is 105 Å². The lowest BCUT2D eigenvalue weighted by Crippen LogP contribution is -2.53. The van der Waals surface area contributed by atoms with Gasteiger partial charge in [-0.15, -0.1) is 22.0 Å². The first kappa shape index (κ1) is 49.8. The van der Waals surface area contributed by atoms with Crippen molar-refractivity contribution in [3.8, 4) is 28.6 Å². The monoisotopic (exact) mass is 1030 g/mol. The number of hydrogen-bond donors (Lipinski definition) is 1. The molecule has 5 rings (SSSR count). The van der Waals surface area contributed by atoms with Crippen molar-refractivity contribution in [2.75, 3.05) is 33.6 Å². The van der Waals surface area contributed by atoms with E-state index in [1.54, 1.807) is 51.7 Å². The zero-order chi connectivity index (χ0) is 46.3. The zero-order valence-electron chi connectivity index (χ0n) is 37.9. The molecule has 0 saturated carbocycles. The number of ether oxygens (including phenoxy) is 3. The summed E-state index contributed by atoms with van der Waals surface area (Å²) in [5.74, 6) is 2.40. The average Bonchev–Trinajstić information content (AvgIpc) is 3.69. The Labute approximate surface area is 391 Å². The van der Waals surface area contributed by atoms with Crippen molar-refractivity contribution in [2.45, 2.75) is 101 Å². The van der Waals surface area contributed by atoms with Gasteiger partial charge in [-0.3, -0.25) is 0 Å². The molecule has 14 nitrogen and oxygen atoms in total. The van der Waals surface area contributed by atoms with Crippen molar-refractivity contribution < 1.29 is 37.0 Å². The summed E-state index contributed by atoms with van der Waals surface area (Å²) < 4.78 is 56.7. The molecule has 340 valence electrons. The third kappa shape index (κ3) is 12.7. The lowest BCUT2D eigenvalue weighted by Gasteiger charge is -2.42. The summed E-state index contributed by atoms with van der Waals surface area (Å²) in [7, 11) is -2.10. The van der Waals surface area contributed by atoms with Gasteiger partial charge in [0.25, 0.3) is 0 Å². The van der Waals surface area contributed by atoms with Crippen LogP contribution in [0.5, 0.6) is 17.2 Å². The van der Waals surface area contributed by atoms with Crippen molar-refractivity contribution in [3.63, 3.8) is 0 Å². The van der Waals surface area contributed by atoms with E-state index in [1.165, 1.54) is 25.8 Å². The molecule has 0 unspecified atom stereocenters. The molecule has 1 amide bonds. The smallest absolute Gasteiger partial charge is 0.407 e. The Balaban J connectivity index is 1.67. The Morgan fingerprint density at radius 1 is 0.810 bits per heavy atom. The highest BCUT2D eigenvalue weighted by molar-refractivity contribution is 14.1. The predicted molar refractivity (Wildman–Crippen MR) is 258 cm³/mol. The minimum Gasteiger partial charge on any atom is -0.497 e. The minimum atomic E-state index is -4.41. The van der Waals surface area contributed by atoms with Crippen LogP contribution in [-0.2, 0) is 34.1 Å². The van der Waals surface area contributed by atoms with Gasteiger partial charge in [0.05, 0.1) is 46.1 Å². The van der Waals surface area contributed by atoms with Gasteiger partial charge in [-0.25, -0.2) is 13.2 Å². The van der Waals surface area contributed by atoms with Crippen LogP contribution in [0.3, 0.4) is 0 Å². The van der Waals surface area contributed by atoms with Crippen LogP contribution < -0.4 is 14.2 Å². The highest BCUT2D eigenvalue weighted by atomic mass is 127. The number of nitrogens with zero attached hydrogens (tertiary/aromatic N) is 6. The van der Waals surface area contributed by atoms with Gasteiger partial charge in [0.1, 0.15) is 22.1 Å². The molecule has 0 aliphatic rings. The van der Waals surface area contributed by atoms with Gasteiger partial charge in [0, 0.05) is 32.8 Å². The first-order chi connectivity index (χ1) is 29.6. The fraction of sp³-hybridized carbons (Fsp3) is 0.422. The molecule has 0 aliphatic heterocycles. The van der Waals surface area contributed by atoms with Crippen molar-refractivity contribution in [1.29, 1.82) is 0 Å². The SMILES string of the molecule is COc1ccc(CN(Cc2ccc(OC)cc2)S(=O)(=O)c2c(SC[C@@H](CN(C(=O)O)C(C)(C)C)O[Si](C)(C)C(C)(C)C)ccc(I)c2-c2nnn(Cc3ccc(OC)cc3)n2)cc1. The maximum absolute atomic E-state index is 15.8. The number of hydrogen-bond acceptors (Lipinski definition) is 11. The third-order valence-electron chi connectivity index (χ3n) is 11.0.